The number of rotatable bonds is 7. The van der Waals surface area contributed by atoms with E-state index in [9.17, 15) is 4.79 Å². The van der Waals surface area contributed by atoms with E-state index in [0.29, 0.717) is 30.5 Å². The topological polar surface area (TPSA) is 74.2 Å². The number of aromatic nitrogens is 1. The molecule has 2 amide bonds. The smallest absolute Gasteiger partial charge is 0.319 e. The maximum atomic E-state index is 11.8. The average Bonchev–Trinajstić information content (AvgIpc) is 2.38. The van der Waals surface area contributed by atoms with Crippen molar-refractivity contribution in [2.24, 2.45) is 11.8 Å². The highest BCUT2D eigenvalue weighted by Crippen LogP contribution is 2.14. The number of carbonyl (C=O) groups is 1. The van der Waals surface area contributed by atoms with Gasteiger partial charge in [0.05, 0.1) is 11.9 Å². The lowest BCUT2D eigenvalue weighted by atomic mass is 9.94. The Morgan fingerprint density at radius 2 is 2.20 bits per heavy atom. The van der Waals surface area contributed by atoms with E-state index in [2.05, 4.69) is 45.4 Å². The molecule has 0 spiro atoms. The molecule has 0 aliphatic rings. The number of halogens is 1. The summed E-state index contributed by atoms with van der Waals surface area (Å²) in [6.07, 6.45) is 3.28. The lowest BCUT2D eigenvalue weighted by molar-refractivity contribution is 0.231. The summed E-state index contributed by atoms with van der Waals surface area (Å²) in [4.78, 5) is 15.8. The van der Waals surface area contributed by atoms with Crippen molar-refractivity contribution in [3.63, 3.8) is 0 Å². The van der Waals surface area contributed by atoms with Crippen LogP contribution in [0.25, 0.3) is 0 Å². The average molecular weight is 344 g/mol. The molecule has 1 aromatic rings. The Balaban J connectivity index is 2.38. The molecule has 1 unspecified atom stereocenters. The van der Waals surface area contributed by atoms with Gasteiger partial charge in [0.25, 0.3) is 0 Å². The predicted octanol–water partition coefficient (Wildman–Crippen LogP) is 3.01. The van der Waals surface area contributed by atoms with Crippen LogP contribution in [0.5, 0.6) is 0 Å². The van der Waals surface area contributed by atoms with Crippen molar-refractivity contribution < 1.29 is 9.90 Å². The van der Waals surface area contributed by atoms with Gasteiger partial charge in [0.2, 0.25) is 0 Å². The standard InChI is InChI=1S/C14H22BrN3O2/c1-10(2)7-11(5-6-19)8-17-14(20)18-12-3-4-13(15)16-9-12/h3-4,9-11,19H,5-8H2,1-2H3,(H2,17,18,20). The van der Waals surface area contributed by atoms with Gasteiger partial charge in [-0.05, 0) is 52.7 Å². The van der Waals surface area contributed by atoms with Crippen molar-refractivity contribution in [1.29, 1.82) is 0 Å². The first kappa shape index (κ1) is 16.9. The molecule has 0 aromatic carbocycles. The molecule has 0 fully saturated rings. The number of aliphatic hydroxyl groups is 1. The Hall–Kier alpha value is -1.14. The molecule has 0 bridgehead atoms. The molecule has 0 aliphatic heterocycles. The molecule has 112 valence electrons. The van der Waals surface area contributed by atoms with Gasteiger partial charge in [-0.25, -0.2) is 9.78 Å². The third-order valence-electron chi connectivity index (χ3n) is 2.88. The SMILES string of the molecule is CC(C)CC(CCO)CNC(=O)Nc1ccc(Br)nc1. The van der Waals surface area contributed by atoms with Crippen LogP contribution in [0.1, 0.15) is 26.7 Å². The number of urea groups is 1. The van der Waals surface area contributed by atoms with Crippen molar-refractivity contribution in [1.82, 2.24) is 10.3 Å². The largest absolute Gasteiger partial charge is 0.396 e. The van der Waals surface area contributed by atoms with E-state index in [0.717, 1.165) is 11.0 Å². The van der Waals surface area contributed by atoms with Gasteiger partial charge in [-0.1, -0.05) is 13.8 Å². The zero-order chi connectivity index (χ0) is 15.0. The zero-order valence-electron chi connectivity index (χ0n) is 11.9. The quantitative estimate of drug-likeness (QED) is 0.666. The zero-order valence-corrected chi connectivity index (χ0v) is 13.5. The molecular weight excluding hydrogens is 322 g/mol. The Bertz CT molecular complexity index is 409. The molecule has 1 rings (SSSR count). The fraction of sp³-hybridized carbons (Fsp3) is 0.571. The van der Waals surface area contributed by atoms with Crippen LogP contribution in [-0.2, 0) is 0 Å². The Kier molecular flexibility index (Phi) is 7.54. The second-order valence-electron chi connectivity index (χ2n) is 5.21. The maximum absolute atomic E-state index is 11.8. The minimum absolute atomic E-state index is 0.150. The summed E-state index contributed by atoms with van der Waals surface area (Å²) in [5.74, 6) is 0.848. The molecule has 0 saturated heterocycles. The molecule has 6 heteroatoms. The highest BCUT2D eigenvalue weighted by molar-refractivity contribution is 9.10. The van der Waals surface area contributed by atoms with Crippen molar-refractivity contribution >= 4 is 27.6 Å². The summed E-state index contributed by atoms with van der Waals surface area (Å²) in [6, 6.07) is 3.29. The van der Waals surface area contributed by atoms with Gasteiger partial charge in [-0.3, -0.25) is 0 Å². The molecule has 1 heterocycles. The monoisotopic (exact) mass is 343 g/mol. The highest BCUT2D eigenvalue weighted by Gasteiger charge is 2.12. The summed E-state index contributed by atoms with van der Waals surface area (Å²) in [7, 11) is 0. The molecule has 1 aromatic heterocycles. The Morgan fingerprint density at radius 1 is 1.45 bits per heavy atom. The fourth-order valence-corrected chi connectivity index (χ4v) is 2.25. The summed E-state index contributed by atoms with van der Waals surface area (Å²) in [6.45, 7) is 4.99. The normalized spacial score (nSPS) is 12.2. The lowest BCUT2D eigenvalue weighted by Gasteiger charge is -2.18. The van der Waals surface area contributed by atoms with Gasteiger partial charge in [-0.15, -0.1) is 0 Å². The van der Waals surface area contributed by atoms with Crippen molar-refractivity contribution in [2.45, 2.75) is 26.7 Å². The summed E-state index contributed by atoms with van der Waals surface area (Å²) < 4.78 is 0.725. The van der Waals surface area contributed by atoms with Crippen LogP contribution in [0.2, 0.25) is 0 Å². The minimum atomic E-state index is -0.249. The second-order valence-corrected chi connectivity index (χ2v) is 6.02. The number of hydrogen-bond acceptors (Lipinski definition) is 3. The van der Waals surface area contributed by atoms with Crippen LogP contribution >= 0.6 is 15.9 Å². The molecule has 3 N–H and O–H groups in total. The van der Waals surface area contributed by atoms with Crippen LogP contribution in [0.3, 0.4) is 0 Å². The first-order chi connectivity index (χ1) is 9.51. The predicted molar refractivity (Wildman–Crippen MR) is 83.6 cm³/mol. The Labute approximate surface area is 128 Å². The van der Waals surface area contributed by atoms with E-state index in [4.69, 9.17) is 5.11 Å². The molecule has 0 aliphatic carbocycles. The minimum Gasteiger partial charge on any atom is -0.396 e. The summed E-state index contributed by atoms with van der Waals surface area (Å²) in [5, 5.41) is 14.6. The maximum Gasteiger partial charge on any atom is 0.319 e. The van der Waals surface area contributed by atoms with E-state index >= 15 is 0 Å². The molecular formula is C14H22BrN3O2. The van der Waals surface area contributed by atoms with Crippen molar-refractivity contribution in [3.05, 3.63) is 22.9 Å². The third kappa shape index (κ3) is 6.86. The van der Waals surface area contributed by atoms with Crippen LogP contribution < -0.4 is 10.6 Å². The van der Waals surface area contributed by atoms with Gasteiger partial charge >= 0.3 is 6.03 Å². The number of nitrogens with zero attached hydrogens (tertiary/aromatic N) is 1. The van der Waals surface area contributed by atoms with Crippen LogP contribution in [-0.4, -0.2) is 29.3 Å². The van der Waals surface area contributed by atoms with Gasteiger partial charge in [0, 0.05) is 13.2 Å². The number of hydrogen-bond donors (Lipinski definition) is 3. The second kappa shape index (κ2) is 8.92. The number of amides is 2. The number of pyridine rings is 1. The van der Waals surface area contributed by atoms with E-state index in [1.807, 2.05) is 0 Å². The molecule has 1 atom stereocenters. The molecule has 20 heavy (non-hydrogen) atoms. The van der Waals surface area contributed by atoms with E-state index in [1.165, 1.54) is 0 Å². The van der Waals surface area contributed by atoms with Crippen LogP contribution in [0.4, 0.5) is 10.5 Å². The van der Waals surface area contributed by atoms with Crippen molar-refractivity contribution in [2.75, 3.05) is 18.5 Å². The van der Waals surface area contributed by atoms with Crippen LogP contribution in [0.15, 0.2) is 22.9 Å². The summed E-state index contributed by atoms with van der Waals surface area (Å²) >= 11 is 3.24. The number of carbonyl (C=O) groups excluding carboxylic acids is 1. The summed E-state index contributed by atoms with van der Waals surface area (Å²) in [5.41, 5.74) is 0.647. The molecule has 0 saturated carbocycles. The Morgan fingerprint density at radius 3 is 2.75 bits per heavy atom. The van der Waals surface area contributed by atoms with Gasteiger partial charge in [0.15, 0.2) is 0 Å². The third-order valence-corrected chi connectivity index (χ3v) is 3.35. The number of anilines is 1. The van der Waals surface area contributed by atoms with Gasteiger partial charge in [0.1, 0.15) is 4.60 Å². The lowest BCUT2D eigenvalue weighted by Crippen LogP contribution is -2.33. The van der Waals surface area contributed by atoms with E-state index in [1.54, 1.807) is 18.3 Å². The number of nitrogens with one attached hydrogen (secondary N) is 2. The van der Waals surface area contributed by atoms with Crippen LogP contribution in [0, 0.1) is 11.8 Å². The first-order valence-corrected chi connectivity index (χ1v) is 7.57. The molecule has 0 radical (unpaired) electrons. The van der Waals surface area contributed by atoms with Crippen molar-refractivity contribution in [3.8, 4) is 0 Å². The van der Waals surface area contributed by atoms with Gasteiger partial charge in [-0.2, -0.15) is 0 Å². The highest BCUT2D eigenvalue weighted by atomic mass is 79.9. The van der Waals surface area contributed by atoms with Gasteiger partial charge < -0.3 is 15.7 Å². The van der Waals surface area contributed by atoms with E-state index in [-0.39, 0.29) is 12.6 Å². The first-order valence-electron chi connectivity index (χ1n) is 6.78. The van der Waals surface area contributed by atoms with E-state index < -0.39 is 0 Å². The molecule has 5 nitrogen and oxygen atoms in total. The fourth-order valence-electron chi connectivity index (χ4n) is 2.01. The number of aliphatic hydroxyl groups excluding tert-OH is 1.